The van der Waals surface area contributed by atoms with Crippen LogP contribution in [0.3, 0.4) is 0 Å². The van der Waals surface area contributed by atoms with Gasteiger partial charge >= 0.3 is 0 Å². The zero-order chi connectivity index (χ0) is 18.2. The number of guanidine groups is 1. The van der Waals surface area contributed by atoms with Crippen LogP contribution in [0, 0.1) is 5.82 Å². The normalized spacial score (nSPS) is 11.4. The minimum absolute atomic E-state index is 0. The predicted molar refractivity (Wildman–Crippen MR) is 111 cm³/mol. The zero-order valence-electron chi connectivity index (χ0n) is 15.7. The van der Waals surface area contributed by atoms with Crippen LogP contribution >= 0.6 is 24.0 Å². The third kappa shape index (κ3) is 6.89. The van der Waals surface area contributed by atoms with Crippen molar-refractivity contribution in [3.05, 3.63) is 47.4 Å². The molecule has 26 heavy (non-hydrogen) atoms. The Morgan fingerprint density at radius 1 is 1.31 bits per heavy atom. The molecule has 1 N–H and O–H groups in total. The Bertz CT molecular complexity index is 687. The topological polar surface area (TPSA) is 66.5 Å². The van der Waals surface area contributed by atoms with E-state index in [9.17, 15) is 4.39 Å². The Hall–Kier alpha value is -1.71. The monoisotopic (exact) mass is 475 g/mol. The number of nitrogens with zero attached hydrogens (tertiary/aromatic N) is 4. The maximum atomic E-state index is 13.0. The third-order valence-corrected chi connectivity index (χ3v) is 3.76. The quantitative estimate of drug-likeness (QED) is 0.287. The number of rotatable bonds is 7. The minimum atomic E-state index is -0.226. The van der Waals surface area contributed by atoms with Crippen molar-refractivity contribution >= 4 is 29.9 Å². The highest BCUT2D eigenvalue weighted by Crippen LogP contribution is 2.10. The Kier molecular flexibility index (Phi) is 9.53. The second-order valence-electron chi connectivity index (χ2n) is 6.26. The van der Waals surface area contributed by atoms with Gasteiger partial charge in [0.2, 0.25) is 5.89 Å². The Morgan fingerprint density at radius 2 is 2.00 bits per heavy atom. The fourth-order valence-corrected chi connectivity index (χ4v) is 2.37. The second kappa shape index (κ2) is 11.1. The van der Waals surface area contributed by atoms with Crippen molar-refractivity contribution in [2.75, 3.05) is 20.6 Å². The molecule has 0 unspecified atom stereocenters. The fraction of sp³-hybridized carbons (Fsp3) is 0.500. The van der Waals surface area contributed by atoms with Gasteiger partial charge in [-0.25, -0.2) is 4.39 Å². The number of halogens is 2. The first-order chi connectivity index (χ1) is 12.0. The van der Waals surface area contributed by atoms with Gasteiger partial charge in [0.25, 0.3) is 0 Å². The summed E-state index contributed by atoms with van der Waals surface area (Å²) in [5.74, 6) is 2.25. The largest absolute Gasteiger partial charge is 0.356 e. The molecule has 0 radical (unpaired) electrons. The van der Waals surface area contributed by atoms with Crippen LogP contribution in [0.5, 0.6) is 0 Å². The van der Waals surface area contributed by atoms with Gasteiger partial charge in [-0.05, 0) is 24.1 Å². The summed E-state index contributed by atoms with van der Waals surface area (Å²) < 4.78 is 18.2. The number of hydrogen-bond acceptors (Lipinski definition) is 4. The molecule has 6 nitrogen and oxygen atoms in total. The van der Waals surface area contributed by atoms with Gasteiger partial charge in [-0.3, -0.25) is 4.99 Å². The smallest absolute Gasteiger partial charge is 0.226 e. The molecule has 0 atom stereocenters. The molecule has 0 spiro atoms. The van der Waals surface area contributed by atoms with E-state index >= 15 is 0 Å². The van der Waals surface area contributed by atoms with E-state index in [1.54, 1.807) is 19.2 Å². The van der Waals surface area contributed by atoms with Crippen molar-refractivity contribution in [1.29, 1.82) is 0 Å². The Morgan fingerprint density at radius 3 is 2.58 bits per heavy atom. The van der Waals surface area contributed by atoms with Crippen molar-refractivity contribution < 1.29 is 8.91 Å². The van der Waals surface area contributed by atoms with Crippen molar-refractivity contribution in [1.82, 2.24) is 20.4 Å². The summed E-state index contributed by atoms with van der Waals surface area (Å²) >= 11 is 0. The van der Waals surface area contributed by atoms with Gasteiger partial charge in [-0.1, -0.05) is 31.1 Å². The van der Waals surface area contributed by atoms with Crippen molar-refractivity contribution in [3.63, 3.8) is 0 Å². The first-order valence-corrected chi connectivity index (χ1v) is 8.48. The Balaban J connectivity index is 0.00000338. The molecule has 0 saturated heterocycles. The lowest BCUT2D eigenvalue weighted by Crippen LogP contribution is -2.39. The van der Waals surface area contributed by atoms with Gasteiger partial charge < -0.3 is 14.7 Å². The zero-order valence-corrected chi connectivity index (χ0v) is 18.0. The molecule has 0 saturated carbocycles. The van der Waals surface area contributed by atoms with Gasteiger partial charge in [0.1, 0.15) is 5.82 Å². The molecule has 0 aliphatic rings. The van der Waals surface area contributed by atoms with Crippen LogP contribution in [0.1, 0.15) is 43.5 Å². The maximum Gasteiger partial charge on any atom is 0.226 e. The molecule has 8 heteroatoms. The van der Waals surface area contributed by atoms with E-state index in [-0.39, 0.29) is 35.7 Å². The third-order valence-electron chi connectivity index (χ3n) is 3.76. The van der Waals surface area contributed by atoms with Crippen molar-refractivity contribution in [2.45, 2.75) is 39.2 Å². The lowest BCUT2D eigenvalue weighted by atomic mass is 10.2. The van der Waals surface area contributed by atoms with E-state index in [1.165, 1.54) is 12.1 Å². The van der Waals surface area contributed by atoms with Crippen LogP contribution < -0.4 is 5.32 Å². The highest BCUT2D eigenvalue weighted by molar-refractivity contribution is 14.0. The van der Waals surface area contributed by atoms with Gasteiger partial charge in [-0.2, -0.15) is 4.98 Å². The molecule has 0 fully saturated rings. The molecule has 1 aromatic heterocycles. The molecular formula is C18H27FIN5O. The highest BCUT2D eigenvalue weighted by atomic mass is 127. The molecule has 144 valence electrons. The molecule has 2 rings (SSSR count). The number of aromatic nitrogens is 2. The SMILES string of the molecule is CN=C(NCCCc1nc(C(C)C)no1)N(C)Cc1ccc(F)cc1.I. The first kappa shape index (κ1) is 22.3. The predicted octanol–water partition coefficient (Wildman–Crippen LogP) is 3.59. The standard InChI is InChI=1S/C18H26FN5O.HI/c1-13(2)17-22-16(25-23-17)6-5-11-21-18(20-3)24(4)12-14-7-9-15(19)10-8-14;/h7-10,13H,5-6,11-12H2,1-4H3,(H,20,21);1H. The van der Waals surface area contributed by atoms with Gasteiger partial charge in [0, 0.05) is 39.5 Å². The summed E-state index contributed by atoms with van der Waals surface area (Å²) in [7, 11) is 3.70. The summed E-state index contributed by atoms with van der Waals surface area (Å²) in [6.07, 6.45) is 1.59. The number of nitrogens with one attached hydrogen (secondary N) is 1. The lowest BCUT2D eigenvalue weighted by molar-refractivity contribution is 0.368. The molecule has 0 aliphatic heterocycles. The van der Waals surface area contributed by atoms with Crippen LogP contribution in [0.25, 0.3) is 0 Å². The van der Waals surface area contributed by atoms with Crippen LogP contribution in [0.15, 0.2) is 33.8 Å². The molecule has 0 bridgehead atoms. The Labute approximate surface area is 171 Å². The van der Waals surface area contributed by atoms with E-state index < -0.39 is 0 Å². The lowest BCUT2D eigenvalue weighted by Gasteiger charge is -2.22. The average molecular weight is 475 g/mol. The number of hydrogen-bond donors (Lipinski definition) is 1. The summed E-state index contributed by atoms with van der Waals surface area (Å²) in [6, 6.07) is 6.49. The van der Waals surface area contributed by atoms with E-state index in [4.69, 9.17) is 4.52 Å². The van der Waals surface area contributed by atoms with Crippen LogP contribution in [-0.4, -0.2) is 41.6 Å². The average Bonchev–Trinajstić information content (AvgIpc) is 3.06. The number of benzene rings is 1. The van der Waals surface area contributed by atoms with Gasteiger partial charge in [0.15, 0.2) is 11.8 Å². The van der Waals surface area contributed by atoms with E-state index in [0.717, 1.165) is 36.7 Å². The number of aliphatic imine (C=N–C) groups is 1. The highest BCUT2D eigenvalue weighted by Gasteiger charge is 2.10. The van der Waals surface area contributed by atoms with E-state index in [0.29, 0.717) is 12.4 Å². The van der Waals surface area contributed by atoms with E-state index in [2.05, 4.69) is 20.4 Å². The van der Waals surface area contributed by atoms with Crippen molar-refractivity contribution in [3.8, 4) is 0 Å². The fourth-order valence-electron chi connectivity index (χ4n) is 2.37. The van der Waals surface area contributed by atoms with Crippen molar-refractivity contribution in [2.24, 2.45) is 4.99 Å². The number of aryl methyl sites for hydroxylation is 1. The van der Waals surface area contributed by atoms with Crippen LogP contribution in [0.4, 0.5) is 4.39 Å². The summed E-state index contributed by atoms with van der Waals surface area (Å²) in [5, 5.41) is 7.27. The molecular weight excluding hydrogens is 448 g/mol. The van der Waals surface area contributed by atoms with E-state index in [1.807, 2.05) is 25.8 Å². The molecule has 1 heterocycles. The van der Waals surface area contributed by atoms with Crippen LogP contribution in [0.2, 0.25) is 0 Å². The summed E-state index contributed by atoms with van der Waals surface area (Å²) in [5.41, 5.74) is 1.03. The first-order valence-electron chi connectivity index (χ1n) is 8.48. The molecule has 0 amide bonds. The summed E-state index contributed by atoms with van der Waals surface area (Å²) in [4.78, 5) is 10.6. The van der Waals surface area contributed by atoms with Crippen LogP contribution in [-0.2, 0) is 13.0 Å². The molecule has 0 aliphatic carbocycles. The molecule has 2 aromatic rings. The minimum Gasteiger partial charge on any atom is -0.356 e. The van der Waals surface area contributed by atoms with Gasteiger partial charge in [-0.15, -0.1) is 24.0 Å². The summed E-state index contributed by atoms with van der Waals surface area (Å²) in [6.45, 7) is 5.48. The van der Waals surface area contributed by atoms with Gasteiger partial charge in [0.05, 0.1) is 0 Å². The second-order valence-corrected chi connectivity index (χ2v) is 6.26. The molecule has 1 aromatic carbocycles. The maximum absolute atomic E-state index is 13.0.